The fourth-order valence-electron chi connectivity index (χ4n) is 2.23. The van der Waals surface area contributed by atoms with Crippen molar-refractivity contribution in [3.05, 3.63) is 11.4 Å². The normalized spacial score (nSPS) is 14.5. The molecular formula is C16H28N4O. The summed E-state index contributed by atoms with van der Waals surface area (Å²) in [7, 11) is 1.92. The number of hydrogen-bond acceptors (Lipinski definition) is 5. The number of hydrogen-bond donors (Lipinski definition) is 2. The van der Waals surface area contributed by atoms with Crippen LogP contribution >= 0.6 is 0 Å². The first-order valence-corrected chi connectivity index (χ1v) is 8.03. The zero-order valence-corrected chi connectivity index (χ0v) is 13.7. The molecule has 1 aromatic heterocycles. The van der Waals surface area contributed by atoms with Crippen molar-refractivity contribution in [3.63, 3.8) is 0 Å². The summed E-state index contributed by atoms with van der Waals surface area (Å²) in [6, 6.07) is 0. The van der Waals surface area contributed by atoms with Gasteiger partial charge in [-0.25, -0.2) is 9.97 Å². The molecule has 118 valence electrons. The standard InChI is InChI=1S/C16H28N4O/c1-11(2)21-10-6-5-9-18-15-12(3)14(17-4)19-16(20-15)13-7-8-13/h11,13H,5-10H2,1-4H3,(H2,17,18,19,20). The van der Waals surface area contributed by atoms with Crippen molar-refractivity contribution < 1.29 is 4.74 Å². The largest absolute Gasteiger partial charge is 0.379 e. The summed E-state index contributed by atoms with van der Waals surface area (Å²) in [4.78, 5) is 9.30. The number of aromatic nitrogens is 2. The summed E-state index contributed by atoms with van der Waals surface area (Å²) in [6.45, 7) is 7.96. The average Bonchev–Trinajstić information content (AvgIpc) is 3.28. The van der Waals surface area contributed by atoms with E-state index >= 15 is 0 Å². The smallest absolute Gasteiger partial charge is 0.136 e. The van der Waals surface area contributed by atoms with Gasteiger partial charge in [0.15, 0.2) is 0 Å². The SMILES string of the molecule is CNc1nc(C2CC2)nc(NCCCCOC(C)C)c1C. The molecule has 0 radical (unpaired) electrons. The molecule has 5 heteroatoms. The van der Waals surface area contributed by atoms with Gasteiger partial charge in [0.1, 0.15) is 17.5 Å². The Balaban J connectivity index is 1.85. The topological polar surface area (TPSA) is 59.1 Å². The van der Waals surface area contributed by atoms with Crippen molar-refractivity contribution >= 4 is 11.6 Å². The lowest BCUT2D eigenvalue weighted by Crippen LogP contribution is -2.11. The van der Waals surface area contributed by atoms with Crippen LogP contribution in [0.1, 0.15) is 56.8 Å². The number of nitrogens with zero attached hydrogens (tertiary/aromatic N) is 2. The molecule has 0 bridgehead atoms. The number of rotatable bonds is 9. The summed E-state index contributed by atoms with van der Waals surface area (Å²) in [5.74, 6) is 3.46. The van der Waals surface area contributed by atoms with Crippen LogP contribution in [-0.4, -0.2) is 36.3 Å². The van der Waals surface area contributed by atoms with Crippen LogP contribution in [0.4, 0.5) is 11.6 Å². The fraction of sp³-hybridized carbons (Fsp3) is 0.750. The molecule has 1 aliphatic carbocycles. The van der Waals surface area contributed by atoms with Crippen LogP contribution in [0.5, 0.6) is 0 Å². The molecule has 1 fully saturated rings. The lowest BCUT2D eigenvalue weighted by molar-refractivity contribution is 0.0765. The van der Waals surface area contributed by atoms with Crippen molar-refractivity contribution in [2.75, 3.05) is 30.8 Å². The van der Waals surface area contributed by atoms with Crippen LogP contribution < -0.4 is 10.6 Å². The minimum Gasteiger partial charge on any atom is -0.379 e. The molecule has 0 saturated heterocycles. The Labute approximate surface area is 127 Å². The highest BCUT2D eigenvalue weighted by Crippen LogP contribution is 2.39. The van der Waals surface area contributed by atoms with Gasteiger partial charge in [-0.15, -0.1) is 0 Å². The monoisotopic (exact) mass is 292 g/mol. The summed E-state index contributed by atoms with van der Waals surface area (Å²) in [6.07, 6.45) is 4.92. The zero-order valence-electron chi connectivity index (χ0n) is 13.7. The second-order valence-electron chi connectivity index (χ2n) is 5.98. The van der Waals surface area contributed by atoms with E-state index < -0.39 is 0 Å². The molecule has 0 amide bonds. The van der Waals surface area contributed by atoms with Crippen LogP contribution in [-0.2, 0) is 4.74 Å². The third-order valence-corrected chi connectivity index (χ3v) is 3.66. The van der Waals surface area contributed by atoms with E-state index in [1.54, 1.807) is 0 Å². The van der Waals surface area contributed by atoms with Crippen molar-refractivity contribution in [1.29, 1.82) is 0 Å². The van der Waals surface area contributed by atoms with Crippen LogP contribution in [0.15, 0.2) is 0 Å². The van der Waals surface area contributed by atoms with Crippen LogP contribution in [0.2, 0.25) is 0 Å². The zero-order chi connectivity index (χ0) is 15.2. The van der Waals surface area contributed by atoms with Gasteiger partial charge in [0.25, 0.3) is 0 Å². The fourth-order valence-corrected chi connectivity index (χ4v) is 2.23. The minimum absolute atomic E-state index is 0.321. The van der Waals surface area contributed by atoms with E-state index in [2.05, 4.69) is 36.4 Å². The van der Waals surface area contributed by atoms with Gasteiger partial charge >= 0.3 is 0 Å². The molecule has 1 heterocycles. The molecule has 0 atom stereocenters. The third kappa shape index (κ3) is 4.84. The van der Waals surface area contributed by atoms with Crippen LogP contribution in [0, 0.1) is 6.92 Å². The van der Waals surface area contributed by atoms with Crippen LogP contribution in [0.3, 0.4) is 0 Å². The Morgan fingerprint density at radius 1 is 1.19 bits per heavy atom. The Bertz CT molecular complexity index is 458. The van der Waals surface area contributed by atoms with E-state index in [0.717, 1.165) is 49.0 Å². The van der Waals surface area contributed by atoms with Crippen molar-refractivity contribution in [3.8, 4) is 0 Å². The maximum absolute atomic E-state index is 5.55. The van der Waals surface area contributed by atoms with Crippen molar-refractivity contribution in [2.24, 2.45) is 0 Å². The predicted octanol–water partition coefficient (Wildman–Crippen LogP) is 3.32. The Morgan fingerprint density at radius 3 is 2.52 bits per heavy atom. The summed E-state index contributed by atoms with van der Waals surface area (Å²) in [5.41, 5.74) is 1.10. The van der Waals surface area contributed by atoms with E-state index in [1.807, 2.05) is 7.05 Å². The third-order valence-electron chi connectivity index (χ3n) is 3.66. The maximum atomic E-state index is 5.55. The summed E-state index contributed by atoms with van der Waals surface area (Å²) >= 11 is 0. The molecule has 2 rings (SSSR count). The molecule has 0 aromatic carbocycles. The molecule has 1 aromatic rings. The van der Waals surface area contributed by atoms with Crippen molar-refractivity contribution in [2.45, 2.75) is 58.5 Å². The average molecular weight is 292 g/mol. The van der Waals surface area contributed by atoms with Gasteiger partial charge in [-0.1, -0.05) is 0 Å². The van der Waals surface area contributed by atoms with E-state index in [0.29, 0.717) is 12.0 Å². The second-order valence-corrected chi connectivity index (χ2v) is 5.98. The summed E-state index contributed by atoms with van der Waals surface area (Å²) < 4.78 is 5.55. The molecule has 1 aliphatic rings. The van der Waals surface area contributed by atoms with E-state index in [-0.39, 0.29) is 0 Å². The molecular weight excluding hydrogens is 264 g/mol. The number of ether oxygens (including phenoxy) is 1. The molecule has 0 aliphatic heterocycles. The van der Waals surface area contributed by atoms with E-state index in [1.165, 1.54) is 12.8 Å². The first kappa shape index (κ1) is 16.0. The molecule has 1 saturated carbocycles. The molecule has 2 N–H and O–H groups in total. The maximum Gasteiger partial charge on any atom is 0.136 e. The highest BCUT2D eigenvalue weighted by molar-refractivity contribution is 5.57. The van der Waals surface area contributed by atoms with Gasteiger partial charge in [-0.2, -0.15) is 0 Å². The molecule has 0 spiro atoms. The van der Waals surface area contributed by atoms with Gasteiger partial charge in [0.2, 0.25) is 0 Å². The molecule has 21 heavy (non-hydrogen) atoms. The number of unbranched alkanes of at least 4 members (excludes halogenated alkanes) is 1. The predicted molar refractivity (Wildman–Crippen MR) is 87.1 cm³/mol. The van der Waals surface area contributed by atoms with E-state index in [4.69, 9.17) is 9.72 Å². The number of nitrogens with one attached hydrogen (secondary N) is 2. The highest BCUT2D eigenvalue weighted by atomic mass is 16.5. The second kappa shape index (κ2) is 7.59. The van der Waals surface area contributed by atoms with Crippen LogP contribution in [0.25, 0.3) is 0 Å². The summed E-state index contributed by atoms with van der Waals surface area (Å²) in [5, 5.41) is 6.62. The van der Waals surface area contributed by atoms with Gasteiger partial charge in [-0.3, -0.25) is 0 Å². The van der Waals surface area contributed by atoms with E-state index in [9.17, 15) is 0 Å². The Morgan fingerprint density at radius 2 is 1.90 bits per heavy atom. The van der Waals surface area contributed by atoms with Gasteiger partial charge in [0.05, 0.1) is 6.10 Å². The van der Waals surface area contributed by atoms with Crippen molar-refractivity contribution in [1.82, 2.24) is 9.97 Å². The first-order chi connectivity index (χ1) is 10.1. The Hall–Kier alpha value is -1.36. The molecule has 0 unspecified atom stereocenters. The first-order valence-electron chi connectivity index (χ1n) is 8.03. The molecule has 5 nitrogen and oxygen atoms in total. The lowest BCUT2D eigenvalue weighted by atomic mass is 10.2. The van der Waals surface area contributed by atoms with Gasteiger partial charge < -0.3 is 15.4 Å². The highest BCUT2D eigenvalue weighted by Gasteiger charge is 2.28. The van der Waals surface area contributed by atoms with Gasteiger partial charge in [-0.05, 0) is 46.5 Å². The Kier molecular flexibility index (Phi) is 5.79. The lowest BCUT2D eigenvalue weighted by Gasteiger charge is -2.14. The number of anilines is 2. The quantitative estimate of drug-likeness (QED) is 0.684. The minimum atomic E-state index is 0.321. The van der Waals surface area contributed by atoms with Gasteiger partial charge in [0, 0.05) is 31.7 Å².